The number of aromatic carboxylic acids is 1. The summed E-state index contributed by atoms with van der Waals surface area (Å²) in [6.07, 6.45) is 2.32. The van der Waals surface area contributed by atoms with E-state index in [2.05, 4.69) is 26.0 Å². The predicted octanol–water partition coefficient (Wildman–Crippen LogP) is 2.72. The van der Waals surface area contributed by atoms with Gasteiger partial charge in [0.25, 0.3) is 17.7 Å². The van der Waals surface area contributed by atoms with Gasteiger partial charge in [-0.15, -0.1) is 0 Å². The first-order chi connectivity index (χ1) is 19.6. The monoisotopic (exact) mass is 562 g/mol. The normalized spacial score (nSPS) is 14.0. The molecular formula is C28H24F2N6O5. The average Bonchev–Trinajstić information content (AvgIpc) is 3.57. The highest BCUT2D eigenvalue weighted by Gasteiger charge is 2.29. The van der Waals surface area contributed by atoms with E-state index in [1.54, 1.807) is 13.0 Å². The first-order valence-electron chi connectivity index (χ1n) is 12.6. The van der Waals surface area contributed by atoms with Crippen molar-refractivity contribution in [2.75, 3.05) is 7.05 Å². The molecule has 2 aromatic heterocycles. The highest BCUT2D eigenvalue weighted by Crippen LogP contribution is 2.35. The highest BCUT2D eigenvalue weighted by molar-refractivity contribution is 6.03. The van der Waals surface area contributed by atoms with Crippen molar-refractivity contribution in [2.24, 2.45) is 0 Å². The number of hydrogen-bond donors (Lipinski definition) is 4. The lowest BCUT2D eigenvalue weighted by Crippen LogP contribution is -2.31. The minimum atomic E-state index is -1.06. The Hall–Kier alpha value is -5.20. The number of hydrogen-bond acceptors (Lipinski definition) is 6. The number of carbonyl (C=O) groups is 4. The Kier molecular flexibility index (Phi) is 7.18. The largest absolute Gasteiger partial charge is 0.478 e. The molecule has 0 spiro atoms. The predicted molar refractivity (Wildman–Crippen MR) is 141 cm³/mol. The molecule has 1 atom stereocenters. The van der Waals surface area contributed by atoms with Gasteiger partial charge in [-0.05, 0) is 60.2 Å². The van der Waals surface area contributed by atoms with Gasteiger partial charge in [0.2, 0.25) is 0 Å². The number of carboxylic acid groups (broad SMARTS) is 1. The molecule has 1 aliphatic carbocycles. The van der Waals surface area contributed by atoms with Crippen LogP contribution in [-0.2, 0) is 13.0 Å². The maximum absolute atomic E-state index is 13.6. The number of benzene rings is 2. The zero-order valence-electron chi connectivity index (χ0n) is 21.9. The van der Waals surface area contributed by atoms with Crippen molar-refractivity contribution in [1.82, 2.24) is 30.5 Å². The number of nitrogens with zero attached hydrogens (tertiary/aromatic N) is 3. The summed E-state index contributed by atoms with van der Waals surface area (Å²) in [5, 5.41) is 21.5. The molecule has 11 nitrogen and oxygen atoms in total. The van der Waals surface area contributed by atoms with E-state index in [9.17, 15) is 33.1 Å². The van der Waals surface area contributed by atoms with Crippen LogP contribution in [0.2, 0.25) is 0 Å². The molecule has 0 fully saturated rings. The number of carboxylic acids is 1. The van der Waals surface area contributed by atoms with Crippen molar-refractivity contribution >= 4 is 29.3 Å². The van der Waals surface area contributed by atoms with E-state index in [0.29, 0.717) is 24.0 Å². The van der Waals surface area contributed by atoms with E-state index in [0.717, 1.165) is 27.8 Å². The molecule has 2 aromatic carbocycles. The van der Waals surface area contributed by atoms with Crippen molar-refractivity contribution in [1.29, 1.82) is 0 Å². The first kappa shape index (κ1) is 27.4. The quantitative estimate of drug-likeness (QED) is 0.270. The highest BCUT2D eigenvalue weighted by atomic mass is 19.2. The summed E-state index contributed by atoms with van der Waals surface area (Å²) >= 11 is 0. The van der Waals surface area contributed by atoms with Crippen LogP contribution in [-0.4, -0.2) is 50.4 Å². The summed E-state index contributed by atoms with van der Waals surface area (Å²) in [5.41, 5.74) is 2.50. The fraction of sp³-hybridized carbons (Fsp3) is 0.214. The molecule has 5 rings (SSSR count). The van der Waals surface area contributed by atoms with Gasteiger partial charge in [-0.1, -0.05) is 12.1 Å². The maximum Gasteiger partial charge on any atom is 0.335 e. The van der Waals surface area contributed by atoms with Crippen molar-refractivity contribution in [3.63, 3.8) is 0 Å². The number of amides is 3. The standard InChI is InChI=1S/C28H24F2N6O5/c1-13-15-6-8-21(17(15)5-4-16(13)28(40)41)35-27(39)23-10-22(34-24-18(25(37)31-2)12-33-36(23)24)26(38)32-11-14-3-7-19(29)20(30)9-14/h3-5,7,9-10,12,21H,6,8,11H2,1-2H3,(H,31,37)(H,32,38)(H,35,39)(H,40,41)/t21-/m0/s1. The van der Waals surface area contributed by atoms with E-state index in [1.807, 2.05) is 0 Å². The van der Waals surface area contributed by atoms with E-state index in [4.69, 9.17) is 0 Å². The Labute approximate surface area is 231 Å². The lowest BCUT2D eigenvalue weighted by Gasteiger charge is -2.16. The molecule has 0 aliphatic heterocycles. The minimum absolute atomic E-state index is 0.0276. The Bertz CT molecular complexity index is 1750. The molecular weight excluding hydrogens is 538 g/mol. The van der Waals surface area contributed by atoms with Crippen molar-refractivity contribution < 1.29 is 33.1 Å². The number of rotatable bonds is 7. The summed E-state index contributed by atoms with van der Waals surface area (Å²) in [4.78, 5) is 54.8. The van der Waals surface area contributed by atoms with E-state index in [1.165, 1.54) is 31.4 Å². The summed E-state index contributed by atoms with van der Waals surface area (Å²) < 4.78 is 28.0. The molecule has 0 radical (unpaired) electrons. The van der Waals surface area contributed by atoms with Crippen LogP contribution in [0.3, 0.4) is 0 Å². The molecule has 3 amide bonds. The number of aromatic nitrogens is 3. The van der Waals surface area contributed by atoms with Crippen LogP contribution in [0.5, 0.6) is 0 Å². The first-order valence-corrected chi connectivity index (χ1v) is 12.6. The maximum atomic E-state index is 13.6. The molecule has 0 bridgehead atoms. The van der Waals surface area contributed by atoms with Crippen molar-refractivity contribution in [3.05, 3.63) is 99.0 Å². The smallest absolute Gasteiger partial charge is 0.335 e. The van der Waals surface area contributed by atoms with E-state index < -0.39 is 41.4 Å². The molecule has 0 saturated heterocycles. The van der Waals surface area contributed by atoms with Gasteiger partial charge in [0.15, 0.2) is 17.3 Å². The average molecular weight is 563 g/mol. The summed E-state index contributed by atoms with van der Waals surface area (Å²) in [6, 6.07) is 7.18. The van der Waals surface area contributed by atoms with E-state index >= 15 is 0 Å². The summed E-state index contributed by atoms with van der Waals surface area (Å²) in [5.74, 6) is -4.97. The Morgan fingerprint density at radius 1 is 1.02 bits per heavy atom. The Morgan fingerprint density at radius 3 is 2.51 bits per heavy atom. The van der Waals surface area contributed by atoms with Crippen LogP contribution in [0, 0.1) is 18.6 Å². The van der Waals surface area contributed by atoms with Crippen LogP contribution in [0.4, 0.5) is 8.78 Å². The van der Waals surface area contributed by atoms with Crippen LogP contribution in [0.15, 0.2) is 42.6 Å². The second-order valence-corrected chi connectivity index (χ2v) is 9.51. The van der Waals surface area contributed by atoms with Gasteiger partial charge >= 0.3 is 5.97 Å². The molecule has 41 heavy (non-hydrogen) atoms. The number of fused-ring (bicyclic) bond motifs is 2. The molecule has 210 valence electrons. The van der Waals surface area contributed by atoms with Gasteiger partial charge in [-0.25, -0.2) is 23.1 Å². The number of halogens is 2. The second kappa shape index (κ2) is 10.8. The zero-order chi connectivity index (χ0) is 29.4. The van der Waals surface area contributed by atoms with Gasteiger partial charge in [-0.3, -0.25) is 14.4 Å². The molecule has 2 heterocycles. The van der Waals surface area contributed by atoms with Crippen LogP contribution in [0.1, 0.15) is 76.4 Å². The fourth-order valence-electron chi connectivity index (χ4n) is 4.95. The van der Waals surface area contributed by atoms with E-state index in [-0.39, 0.29) is 34.7 Å². The topological polar surface area (TPSA) is 155 Å². The van der Waals surface area contributed by atoms with Gasteiger partial charge in [0.05, 0.1) is 17.8 Å². The molecule has 4 N–H and O–H groups in total. The molecule has 4 aromatic rings. The third-order valence-corrected chi connectivity index (χ3v) is 7.07. The number of nitrogens with one attached hydrogen (secondary N) is 3. The van der Waals surface area contributed by atoms with Crippen LogP contribution < -0.4 is 16.0 Å². The summed E-state index contributed by atoms with van der Waals surface area (Å²) in [7, 11) is 1.41. The van der Waals surface area contributed by atoms with Gasteiger partial charge < -0.3 is 21.1 Å². The van der Waals surface area contributed by atoms with Crippen LogP contribution in [0.25, 0.3) is 5.65 Å². The van der Waals surface area contributed by atoms with Crippen molar-refractivity contribution in [2.45, 2.75) is 32.4 Å². The van der Waals surface area contributed by atoms with Gasteiger partial charge in [0.1, 0.15) is 17.0 Å². The lowest BCUT2D eigenvalue weighted by molar-refractivity contribution is 0.0695. The minimum Gasteiger partial charge on any atom is -0.478 e. The third-order valence-electron chi connectivity index (χ3n) is 7.07. The van der Waals surface area contributed by atoms with Gasteiger partial charge in [0, 0.05) is 19.7 Å². The summed E-state index contributed by atoms with van der Waals surface area (Å²) in [6.45, 7) is 1.58. The second-order valence-electron chi connectivity index (χ2n) is 9.51. The number of carbonyl (C=O) groups excluding carboxylic acids is 3. The van der Waals surface area contributed by atoms with Crippen molar-refractivity contribution in [3.8, 4) is 0 Å². The molecule has 1 aliphatic rings. The molecule has 13 heteroatoms. The zero-order valence-corrected chi connectivity index (χ0v) is 21.9. The lowest BCUT2D eigenvalue weighted by atomic mass is 9.98. The Balaban J connectivity index is 1.47. The van der Waals surface area contributed by atoms with Crippen LogP contribution >= 0.6 is 0 Å². The molecule has 0 saturated carbocycles. The Morgan fingerprint density at radius 2 is 1.80 bits per heavy atom. The fourth-order valence-corrected chi connectivity index (χ4v) is 4.95. The van der Waals surface area contributed by atoms with Gasteiger partial charge in [-0.2, -0.15) is 5.10 Å². The third kappa shape index (κ3) is 5.09. The molecule has 0 unspecified atom stereocenters. The SMILES string of the molecule is CNC(=O)c1cnn2c(C(=O)N[C@H]3CCc4c3ccc(C(=O)O)c4C)cc(C(=O)NCc3ccc(F)c(F)c3)nc12.